The van der Waals surface area contributed by atoms with E-state index in [9.17, 15) is 9.90 Å². The first-order chi connectivity index (χ1) is 17.4. The van der Waals surface area contributed by atoms with Gasteiger partial charge in [-0.1, -0.05) is 12.7 Å². The average Bonchev–Trinajstić information content (AvgIpc) is 3.48. The predicted molar refractivity (Wildman–Crippen MR) is 140 cm³/mol. The number of hydrogen-bond acceptors (Lipinski definition) is 7. The van der Waals surface area contributed by atoms with Gasteiger partial charge < -0.3 is 24.8 Å². The maximum atomic E-state index is 12.9. The van der Waals surface area contributed by atoms with Crippen LogP contribution < -0.4 is 10.2 Å². The van der Waals surface area contributed by atoms with Crippen LogP contribution in [0.25, 0.3) is 16.8 Å². The van der Waals surface area contributed by atoms with E-state index in [-0.39, 0.29) is 22.8 Å². The minimum Gasteiger partial charge on any atom is -0.389 e. The van der Waals surface area contributed by atoms with E-state index in [1.165, 1.54) is 0 Å². The van der Waals surface area contributed by atoms with Crippen molar-refractivity contribution in [3.8, 4) is 0 Å². The lowest BCUT2D eigenvalue weighted by Crippen LogP contribution is -2.60. The Balaban J connectivity index is 1.18. The second kappa shape index (κ2) is 9.10. The molecule has 3 atom stereocenters. The molecule has 0 bridgehead atoms. The summed E-state index contributed by atoms with van der Waals surface area (Å²) in [5, 5.41) is 15.6. The summed E-state index contributed by atoms with van der Waals surface area (Å²) in [5.74, 6) is 0.751. The maximum Gasteiger partial charge on any atom is 0.229 e. The number of fused-ring (bicyclic) bond motifs is 1. The Bertz CT molecular complexity index is 1170. The van der Waals surface area contributed by atoms with Gasteiger partial charge in [-0.05, 0) is 60.7 Å². The van der Waals surface area contributed by atoms with Crippen LogP contribution in [0.4, 0.5) is 11.5 Å². The second-order valence-corrected chi connectivity index (χ2v) is 11.1. The largest absolute Gasteiger partial charge is 0.389 e. The van der Waals surface area contributed by atoms with Crippen LogP contribution >= 0.6 is 0 Å². The highest BCUT2D eigenvalue weighted by atomic mass is 16.5. The SMILES string of the molecule is C=Cc1cc2cnc(NC(=O)C3CC34CCOCC4)cc2cc1N1CCN([C@]2(C)COC[C@@H]2O)CC1. The fraction of sp³-hybridized carbons (Fsp3) is 0.571. The van der Waals surface area contributed by atoms with Crippen LogP contribution in [-0.2, 0) is 14.3 Å². The number of amides is 1. The number of nitrogens with one attached hydrogen (secondary N) is 1. The highest BCUT2D eigenvalue weighted by Gasteiger charge is 2.58. The monoisotopic (exact) mass is 492 g/mol. The average molecular weight is 493 g/mol. The number of piperazine rings is 1. The first-order valence-electron chi connectivity index (χ1n) is 13.1. The number of nitrogens with zero attached hydrogens (tertiary/aromatic N) is 3. The molecule has 0 radical (unpaired) electrons. The van der Waals surface area contributed by atoms with E-state index in [2.05, 4.69) is 45.7 Å². The van der Waals surface area contributed by atoms with Crippen molar-refractivity contribution in [3.63, 3.8) is 0 Å². The molecule has 2 N–H and O–H groups in total. The Labute approximate surface area is 212 Å². The van der Waals surface area contributed by atoms with Crippen molar-refractivity contribution in [1.82, 2.24) is 9.88 Å². The van der Waals surface area contributed by atoms with Gasteiger partial charge in [0.2, 0.25) is 5.91 Å². The number of benzene rings is 1. The number of carbonyl (C=O) groups is 1. The minimum atomic E-state index is -0.452. The molecule has 4 aliphatic rings. The molecule has 1 aromatic carbocycles. The molecule has 6 rings (SSSR count). The number of aliphatic hydroxyl groups excluding tert-OH is 1. The van der Waals surface area contributed by atoms with Crippen molar-refractivity contribution < 1.29 is 19.4 Å². The third-order valence-electron chi connectivity index (χ3n) is 9.06. The first kappa shape index (κ1) is 23.9. The Hall–Kier alpha value is -2.52. The third kappa shape index (κ3) is 4.10. The lowest BCUT2D eigenvalue weighted by Gasteiger charge is -2.45. The fourth-order valence-electron chi connectivity index (χ4n) is 6.38. The predicted octanol–water partition coefficient (Wildman–Crippen LogP) is 2.90. The van der Waals surface area contributed by atoms with Gasteiger partial charge in [0.1, 0.15) is 5.82 Å². The molecule has 1 saturated carbocycles. The Morgan fingerprint density at radius 1 is 1.17 bits per heavy atom. The molecule has 4 fully saturated rings. The third-order valence-corrected chi connectivity index (χ3v) is 9.06. The lowest BCUT2D eigenvalue weighted by atomic mass is 9.93. The van der Waals surface area contributed by atoms with Gasteiger partial charge in [-0.25, -0.2) is 4.98 Å². The van der Waals surface area contributed by atoms with E-state index in [1.54, 1.807) is 0 Å². The Kier molecular flexibility index (Phi) is 6.03. The van der Waals surface area contributed by atoms with Crippen LogP contribution in [0.1, 0.15) is 31.7 Å². The van der Waals surface area contributed by atoms with Crippen molar-refractivity contribution in [2.24, 2.45) is 11.3 Å². The van der Waals surface area contributed by atoms with Gasteiger partial charge in [0.15, 0.2) is 0 Å². The highest BCUT2D eigenvalue weighted by Crippen LogP contribution is 2.59. The summed E-state index contributed by atoms with van der Waals surface area (Å²) in [6.45, 7) is 12.1. The van der Waals surface area contributed by atoms with Gasteiger partial charge >= 0.3 is 0 Å². The number of ether oxygens (including phenoxy) is 2. The van der Waals surface area contributed by atoms with Crippen LogP contribution in [0.5, 0.6) is 0 Å². The topological polar surface area (TPSA) is 87.2 Å². The summed E-state index contributed by atoms with van der Waals surface area (Å²) >= 11 is 0. The molecule has 36 heavy (non-hydrogen) atoms. The summed E-state index contributed by atoms with van der Waals surface area (Å²) < 4.78 is 11.0. The van der Waals surface area contributed by atoms with Crippen molar-refractivity contribution >= 4 is 34.3 Å². The zero-order chi connectivity index (χ0) is 24.9. The summed E-state index contributed by atoms with van der Waals surface area (Å²) in [6, 6.07) is 6.29. The van der Waals surface area contributed by atoms with Crippen LogP contribution in [-0.4, -0.2) is 85.1 Å². The smallest absolute Gasteiger partial charge is 0.229 e. The van der Waals surface area contributed by atoms with Crippen molar-refractivity contribution in [2.45, 2.75) is 37.8 Å². The van der Waals surface area contributed by atoms with E-state index >= 15 is 0 Å². The first-order valence-corrected chi connectivity index (χ1v) is 13.1. The van der Waals surface area contributed by atoms with Gasteiger partial charge in [-0.15, -0.1) is 0 Å². The molecular weight excluding hydrogens is 456 g/mol. The summed E-state index contributed by atoms with van der Waals surface area (Å²) in [4.78, 5) is 22.2. The van der Waals surface area contributed by atoms with Crippen LogP contribution in [0.15, 0.2) is 31.0 Å². The number of rotatable bonds is 5. The van der Waals surface area contributed by atoms with E-state index in [0.29, 0.717) is 19.0 Å². The van der Waals surface area contributed by atoms with Gasteiger partial charge in [0, 0.05) is 62.6 Å². The number of pyridine rings is 1. The van der Waals surface area contributed by atoms with E-state index in [4.69, 9.17) is 9.47 Å². The van der Waals surface area contributed by atoms with E-state index in [1.807, 2.05) is 18.3 Å². The molecule has 1 spiro atoms. The molecule has 8 heteroatoms. The van der Waals surface area contributed by atoms with Gasteiger partial charge in [0.05, 0.1) is 24.9 Å². The normalized spacial score (nSPS) is 30.0. The molecule has 192 valence electrons. The number of anilines is 2. The molecule has 1 aromatic heterocycles. The zero-order valence-electron chi connectivity index (χ0n) is 21.0. The molecule has 8 nitrogen and oxygen atoms in total. The molecular formula is C28H36N4O4. The summed E-state index contributed by atoms with van der Waals surface area (Å²) in [5.41, 5.74) is 2.03. The molecule has 1 unspecified atom stereocenters. The number of hydrogen-bond donors (Lipinski definition) is 2. The highest BCUT2D eigenvalue weighted by molar-refractivity contribution is 5.97. The summed E-state index contributed by atoms with van der Waals surface area (Å²) in [6.07, 6.45) is 6.18. The van der Waals surface area contributed by atoms with Crippen LogP contribution in [0, 0.1) is 11.3 Å². The fourth-order valence-corrected chi connectivity index (χ4v) is 6.38. The van der Waals surface area contributed by atoms with E-state index in [0.717, 1.165) is 80.7 Å². The molecule has 3 saturated heterocycles. The van der Waals surface area contributed by atoms with Gasteiger partial charge in [-0.2, -0.15) is 0 Å². The lowest BCUT2D eigenvalue weighted by molar-refractivity contribution is -0.118. The quantitative estimate of drug-likeness (QED) is 0.664. The standard InChI is InChI=1S/C28H36N4O4/c1-3-19-12-21-16-29-25(30-26(34)22-15-28(22)4-10-35-11-5-28)14-20(21)13-23(19)31-6-8-32(9-7-31)27(2)18-36-17-24(27)33/h3,12-14,16,22,24,33H,1,4-11,15,17-18H2,2H3,(H,29,30,34)/t22?,24-,27+/m0/s1. The van der Waals surface area contributed by atoms with Crippen molar-refractivity contribution in [3.05, 3.63) is 36.5 Å². The Morgan fingerprint density at radius 3 is 2.64 bits per heavy atom. The Morgan fingerprint density at radius 2 is 1.94 bits per heavy atom. The van der Waals surface area contributed by atoms with Gasteiger partial charge in [-0.3, -0.25) is 9.69 Å². The number of carbonyl (C=O) groups excluding carboxylic acids is 1. The number of aliphatic hydroxyl groups is 1. The molecule has 1 aliphatic carbocycles. The molecule has 3 aliphatic heterocycles. The van der Waals surface area contributed by atoms with Crippen molar-refractivity contribution in [2.75, 3.05) is 62.8 Å². The molecule has 1 amide bonds. The summed E-state index contributed by atoms with van der Waals surface area (Å²) in [7, 11) is 0. The minimum absolute atomic E-state index is 0.0690. The van der Waals surface area contributed by atoms with Crippen molar-refractivity contribution in [1.29, 1.82) is 0 Å². The van der Waals surface area contributed by atoms with Gasteiger partial charge in [0.25, 0.3) is 0 Å². The molecule has 4 heterocycles. The second-order valence-electron chi connectivity index (χ2n) is 11.1. The van der Waals surface area contributed by atoms with E-state index < -0.39 is 6.10 Å². The van der Waals surface area contributed by atoms with Crippen LogP contribution in [0.2, 0.25) is 0 Å². The maximum absolute atomic E-state index is 12.9. The van der Waals surface area contributed by atoms with Crippen LogP contribution in [0.3, 0.4) is 0 Å². The zero-order valence-corrected chi connectivity index (χ0v) is 21.0. The molecule has 2 aromatic rings. The number of aromatic nitrogens is 1.